The second-order valence-electron chi connectivity index (χ2n) is 7.65. The Morgan fingerprint density at radius 1 is 1.04 bits per heavy atom. The van der Waals surface area contributed by atoms with E-state index in [4.69, 9.17) is 5.73 Å². The molecule has 0 spiro atoms. The average Bonchev–Trinajstić information content (AvgIpc) is 2.92. The van der Waals surface area contributed by atoms with Gasteiger partial charge in [0.15, 0.2) is 0 Å². The smallest absolute Gasteiger partial charge is 0.0352 e. The highest BCUT2D eigenvalue weighted by Crippen LogP contribution is 2.34. The van der Waals surface area contributed by atoms with Crippen LogP contribution in [0.5, 0.6) is 0 Å². The molecule has 1 nitrogen and oxygen atoms in total. The molecule has 1 heteroatoms. The van der Waals surface area contributed by atoms with Gasteiger partial charge in [-0.05, 0) is 75.3 Å². The third-order valence-corrected chi connectivity index (χ3v) is 4.85. The SMILES string of the molecule is C#C.C=CCc1ccc(C)cc1.CC1=C(C)c2ccc(C(C)(C)N)cc2C1. The van der Waals surface area contributed by atoms with Crippen molar-refractivity contribution in [2.24, 2.45) is 5.73 Å². The van der Waals surface area contributed by atoms with Gasteiger partial charge in [-0.15, -0.1) is 19.4 Å². The van der Waals surface area contributed by atoms with Crippen LogP contribution in [-0.2, 0) is 18.4 Å². The minimum Gasteiger partial charge on any atom is -0.322 e. The first kappa shape index (κ1) is 22.5. The van der Waals surface area contributed by atoms with Crippen LogP contribution in [0, 0.1) is 19.8 Å². The van der Waals surface area contributed by atoms with Crippen LogP contribution >= 0.6 is 0 Å². The third kappa shape index (κ3) is 6.27. The van der Waals surface area contributed by atoms with Crippen molar-refractivity contribution in [3.8, 4) is 12.8 Å². The topological polar surface area (TPSA) is 26.0 Å². The number of aryl methyl sites for hydroxylation is 1. The van der Waals surface area contributed by atoms with Gasteiger partial charge in [0.2, 0.25) is 0 Å². The third-order valence-electron chi connectivity index (χ3n) is 4.85. The summed E-state index contributed by atoms with van der Waals surface area (Å²) in [4.78, 5) is 0. The van der Waals surface area contributed by atoms with Crippen LogP contribution in [0.25, 0.3) is 5.57 Å². The molecular formula is C26H33N. The van der Waals surface area contributed by atoms with Gasteiger partial charge in [0.05, 0.1) is 0 Å². The van der Waals surface area contributed by atoms with Crippen molar-refractivity contribution >= 4 is 5.57 Å². The largest absolute Gasteiger partial charge is 0.322 e. The lowest BCUT2D eigenvalue weighted by Crippen LogP contribution is -2.28. The Balaban J connectivity index is 0.000000265. The van der Waals surface area contributed by atoms with Gasteiger partial charge in [0, 0.05) is 5.54 Å². The predicted molar refractivity (Wildman–Crippen MR) is 121 cm³/mol. The quantitative estimate of drug-likeness (QED) is 0.512. The molecule has 1 aliphatic rings. The first-order chi connectivity index (χ1) is 12.7. The fourth-order valence-electron chi connectivity index (χ4n) is 3.05. The molecule has 0 aliphatic heterocycles. The van der Waals surface area contributed by atoms with E-state index in [2.05, 4.69) is 96.5 Å². The van der Waals surface area contributed by atoms with Crippen molar-refractivity contribution in [3.63, 3.8) is 0 Å². The van der Waals surface area contributed by atoms with Crippen molar-refractivity contribution in [1.82, 2.24) is 0 Å². The highest BCUT2D eigenvalue weighted by atomic mass is 14.7. The number of nitrogens with two attached hydrogens (primary N) is 1. The lowest BCUT2D eigenvalue weighted by atomic mass is 9.92. The van der Waals surface area contributed by atoms with Gasteiger partial charge in [0.25, 0.3) is 0 Å². The Morgan fingerprint density at radius 2 is 1.63 bits per heavy atom. The fourth-order valence-corrected chi connectivity index (χ4v) is 3.05. The van der Waals surface area contributed by atoms with E-state index >= 15 is 0 Å². The van der Waals surface area contributed by atoms with E-state index in [1.165, 1.54) is 39.0 Å². The van der Waals surface area contributed by atoms with Gasteiger partial charge < -0.3 is 5.73 Å². The normalized spacial score (nSPS) is 12.3. The monoisotopic (exact) mass is 359 g/mol. The molecule has 142 valence electrons. The number of hydrogen-bond acceptors (Lipinski definition) is 1. The molecular weight excluding hydrogens is 326 g/mol. The number of benzene rings is 2. The van der Waals surface area contributed by atoms with E-state index in [-0.39, 0.29) is 5.54 Å². The number of fused-ring (bicyclic) bond motifs is 1. The fraction of sp³-hybridized carbons (Fsp3) is 0.308. The van der Waals surface area contributed by atoms with Crippen molar-refractivity contribution in [2.45, 2.75) is 53.0 Å². The van der Waals surface area contributed by atoms with Crippen molar-refractivity contribution < 1.29 is 0 Å². The van der Waals surface area contributed by atoms with Gasteiger partial charge in [-0.25, -0.2) is 0 Å². The number of allylic oxidation sites excluding steroid dienone is 3. The maximum Gasteiger partial charge on any atom is 0.0352 e. The van der Waals surface area contributed by atoms with Gasteiger partial charge >= 0.3 is 0 Å². The molecule has 0 unspecified atom stereocenters. The Bertz CT molecular complexity index is 812. The number of terminal acetylenes is 1. The zero-order valence-electron chi connectivity index (χ0n) is 17.5. The molecule has 0 aromatic heterocycles. The van der Waals surface area contributed by atoms with Gasteiger partial charge in [-0.2, -0.15) is 0 Å². The second-order valence-corrected chi connectivity index (χ2v) is 7.65. The molecule has 2 aromatic carbocycles. The lowest BCUT2D eigenvalue weighted by Gasteiger charge is -2.20. The van der Waals surface area contributed by atoms with Crippen LogP contribution in [0.1, 0.15) is 55.5 Å². The Hall–Kier alpha value is -2.56. The van der Waals surface area contributed by atoms with Gasteiger partial charge in [-0.1, -0.05) is 59.7 Å². The summed E-state index contributed by atoms with van der Waals surface area (Å²) in [6, 6.07) is 15.1. The van der Waals surface area contributed by atoms with Crippen molar-refractivity contribution in [1.29, 1.82) is 0 Å². The van der Waals surface area contributed by atoms with Crippen molar-refractivity contribution in [3.05, 3.63) is 88.5 Å². The summed E-state index contributed by atoms with van der Waals surface area (Å²) in [5.41, 5.74) is 15.5. The van der Waals surface area contributed by atoms with E-state index in [0.717, 1.165) is 12.8 Å². The van der Waals surface area contributed by atoms with Crippen LogP contribution in [0.3, 0.4) is 0 Å². The molecule has 0 saturated carbocycles. The minimum absolute atomic E-state index is 0.237. The predicted octanol–water partition coefficient (Wildman–Crippen LogP) is 6.20. The zero-order chi connectivity index (χ0) is 20.6. The average molecular weight is 360 g/mol. The zero-order valence-corrected chi connectivity index (χ0v) is 17.5. The van der Waals surface area contributed by atoms with E-state index in [1.807, 2.05) is 6.08 Å². The first-order valence-corrected chi connectivity index (χ1v) is 9.31. The van der Waals surface area contributed by atoms with Gasteiger partial charge in [-0.3, -0.25) is 0 Å². The van der Waals surface area contributed by atoms with E-state index in [9.17, 15) is 0 Å². The Kier molecular flexibility index (Phi) is 8.29. The summed E-state index contributed by atoms with van der Waals surface area (Å²) in [5, 5.41) is 0. The second kappa shape index (κ2) is 9.95. The lowest BCUT2D eigenvalue weighted by molar-refractivity contribution is 0.554. The summed E-state index contributed by atoms with van der Waals surface area (Å²) in [7, 11) is 0. The molecule has 0 bridgehead atoms. The van der Waals surface area contributed by atoms with E-state index in [1.54, 1.807) is 0 Å². The maximum absolute atomic E-state index is 6.11. The van der Waals surface area contributed by atoms with Crippen LogP contribution in [0.15, 0.2) is 60.7 Å². The number of rotatable bonds is 3. The van der Waals surface area contributed by atoms with Crippen molar-refractivity contribution in [2.75, 3.05) is 0 Å². The highest BCUT2D eigenvalue weighted by molar-refractivity contribution is 5.74. The minimum atomic E-state index is -0.237. The Morgan fingerprint density at radius 3 is 2.15 bits per heavy atom. The molecule has 1 aliphatic carbocycles. The van der Waals surface area contributed by atoms with Crippen LogP contribution in [0.4, 0.5) is 0 Å². The molecule has 3 rings (SSSR count). The molecule has 0 saturated heterocycles. The van der Waals surface area contributed by atoms with Gasteiger partial charge in [0.1, 0.15) is 0 Å². The molecule has 2 N–H and O–H groups in total. The maximum atomic E-state index is 6.11. The van der Waals surface area contributed by atoms with E-state index in [0.29, 0.717) is 0 Å². The molecule has 0 radical (unpaired) electrons. The molecule has 0 amide bonds. The number of hydrogen-bond donors (Lipinski definition) is 1. The molecule has 0 fully saturated rings. The molecule has 27 heavy (non-hydrogen) atoms. The van der Waals surface area contributed by atoms with Crippen LogP contribution in [0.2, 0.25) is 0 Å². The summed E-state index contributed by atoms with van der Waals surface area (Å²) < 4.78 is 0. The van der Waals surface area contributed by atoms with Crippen LogP contribution < -0.4 is 5.73 Å². The van der Waals surface area contributed by atoms with E-state index < -0.39 is 0 Å². The van der Waals surface area contributed by atoms with Crippen LogP contribution in [-0.4, -0.2) is 0 Å². The molecule has 0 atom stereocenters. The standard InChI is InChI=1S/C14H19N.C10H12.C2H2/c1-9-7-11-8-12(14(3,4)15)5-6-13(11)10(9)2;1-3-4-10-7-5-9(2)6-8-10;1-2/h5-6,8H,7,15H2,1-4H3;3,5-8H,1,4H2,2H3;1-2H. The highest BCUT2D eigenvalue weighted by Gasteiger charge is 2.20. The summed E-state index contributed by atoms with van der Waals surface area (Å²) in [6.07, 6.45) is 12.0. The molecule has 2 aromatic rings. The first-order valence-electron chi connectivity index (χ1n) is 9.31. The summed E-state index contributed by atoms with van der Waals surface area (Å²) in [5.74, 6) is 0. The Labute approximate surface area is 166 Å². The molecule has 0 heterocycles. The summed E-state index contributed by atoms with van der Waals surface area (Å²) in [6.45, 7) is 14.3. The summed E-state index contributed by atoms with van der Waals surface area (Å²) >= 11 is 0.